The minimum Gasteiger partial charge on any atom is -0.367 e. The summed E-state index contributed by atoms with van der Waals surface area (Å²) in [5.41, 5.74) is 3.48. The molecule has 1 aromatic heterocycles. The van der Waals surface area contributed by atoms with Crippen molar-refractivity contribution in [2.24, 2.45) is 0 Å². The highest BCUT2D eigenvalue weighted by Gasteiger charge is 2.18. The summed E-state index contributed by atoms with van der Waals surface area (Å²) < 4.78 is 28.4. The van der Waals surface area contributed by atoms with Gasteiger partial charge in [-0.25, -0.2) is 18.4 Å². The predicted octanol–water partition coefficient (Wildman–Crippen LogP) is 4.39. The molecule has 0 aliphatic carbocycles. The van der Waals surface area contributed by atoms with Crippen LogP contribution in [0.5, 0.6) is 0 Å². The molecule has 4 aromatic rings. The fraction of sp³-hybridized carbons (Fsp3) is 0.130. The Morgan fingerprint density at radius 2 is 1.37 bits per heavy atom. The van der Waals surface area contributed by atoms with E-state index in [-0.39, 0.29) is 10.7 Å². The summed E-state index contributed by atoms with van der Waals surface area (Å²) in [5.74, 6) is 0.586. The monoisotopic (exact) mass is 418 g/mol. The molecule has 0 saturated carbocycles. The summed E-state index contributed by atoms with van der Waals surface area (Å²) in [6.45, 7) is 2.50. The van der Waals surface area contributed by atoms with E-state index in [1.54, 1.807) is 30.3 Å². The van der Waals surface area contributed by atoms with E-state index in [1.807, 2.05) is 43.3 Å². The van der Waals surface area contributed by atoms with Crippen LogP contribution >= 0.6 is 0 Å². The molecule has 0 atom stereocenters. The molecule has 4 rings (SSSR count). The Labute approximate surface area is 176 Å². The van der Waals surface area contributed by atoms with E-state index >= 15 is 0 Å². The van der Waals surface area contributed by atoms with Crippen LogP contribution in [0, 0.1) is 6.92 Å². The number of rotatable bonds is 7. The van der Waals surface area contributed by atoms with Crippen LogP contribution < -0.4 is 10.0 Å². The average Bonchev–Trinajstić information content (AvgIpc) is 2.75. The quantitative estimate of drug-likeness (QED) is 0.465. The lowest BCUT2D eigenvalue weighted by molar-refractivity contribution is 0.601. The predicted molar refractivity (Wildman–Crippen MR) is 120 cm³/mol. The normalized spacial score (nSPS) is 11.4. The number of benzene rings is 3. The van der Waals surface area contributed by atoms with Gasteiger partial charge in [0.25, 0.3) is 10.0 Å². The maximum absolute atomic E-state index is 12.9. The molecule has 0 bridgehead atoms. The van der Waals surface area contributed by atoms with Crippen LogP contribution in [0.3, 0.4) is 0 Å². The van der Waals surface area contributed by atoms with E-state index < -0.39 is 10.0 Å². The van der Waals surface area contributed by atoms with Crippen molar-refractivity contribution in [3.05, 3.63) is 90.0 Å². The number of nitrogens with zero attached hydrogens (tertiary/aromatic N) is 2. The standard InChI is InChI=1S/C23H22N4O2S/c1-17-11-13-19(14-12-17)30(28,29)27-23-22(24-16-15-18-7-3-2-4-8-18)25-20-9-5-6-10-21(20)26-23/h2-14H,15-16H2,1H3,(H,24,25)(H,26,27). The molecule has 0 saturated heterocycles. The SMILES string of the molecule is Cc1ccc(S(=O)(=O)Nc2nc3ccccc3nc2NCCc2ccccc2)cc1. The van der Waals surface area contributed by atoms with Gasteiger partial charge in [0, 0.05) is 6.54 Å². The maximum Gasteiger partial charge on any atom is 0.263 e. The van der Waals surface area contributed by atoms with Gasteiger partial charge < -0.3 is 5.32 Å². The summed E-state index contributed by atoms with van der Waals surface area (Å²) in [4.78, 5) is 9.29. The van der Waals surface area contributed by atoms with Crippen molar-refractivity contribution in [3.63, 3.8) is 0 Å². The summed E-state index contributed by atoms with van der Waals surface area (Å²) in [5, 5.41) is 3.24. The third-order valence-corrected chi connectivity index (χ3v) is 6.04. The summed E-state index contributed by atoms with van der Waals surface area (Å²) >= 11 is 0. The highest BCUT2D eigenvalue weighted by molar-refractivity contribution is 7.92. The first-order valence-corrected chi connectivity index (χ1v) is 11.1. The van der Waals surface area contributed by atoms with E-state index in [0.29, 0.717) is 23.4 Å². The molecule has 1 heterocycles. The van der Waals surface area contributed by atoms with E-state index in [1.165, 1.54) is 5.56 Å². The minimum absolute atomic E-state index is 0.179. The number of aromatic nitrogens is 2. The molecule has 7 heteroatoms. The summed E-state index contributed by atoms with van der Waals surface area (Å²) in [6.07, 6.45) is 0.777. The molecule has 0 aliphatic rings. The van der Waals surface area contributed by atoms with Crippen molar-refractivity contribution in [2.45, 2.75) is 18.2 Å². The molecule has 0 spiro atoms. The number of anilines is 2. The molecule has 152 valence electrons. The van der Waals surface area contributed by atoms with Crippen LogP contribution in [0.25, 0.3) is 11.0 Å². The molecular formula is C23H22N4O2S. The van der Waals surface area contributed by atoms with Crippen molar-refractivity contribution >= 4 is 32.7 Å². The average molecular weight is 419 g/mol. The van der Waals surface area contributed by atoms with Gasteiger partial charge in [0.05, 0.1) is 15.9 Å². The molecule has 3 aromatic carbocycles. The van der Waals surface area contributed by atoms with Crippen LogP contribution in [0.15, 0.2) is 83.8 Å². The second-order valence-electron chi connectivity index (χ2n) is 6.99. The molecule has 0 fully saturated rings. The Bertz CT molecular complexity index is 1260. The number of hydrogen-bond acceptors (Lipinski definition) is 5. The number of hydrogen-bond donors (Lipinski definition) is 2. The zero-order chi connectivity index (χ0) is 21.0. The third kappa shape index (κ3) is 4.58. The maximum atomic E-state index is 12.9. The van der Waals surface area contributed by atoms with Gasteiger partial charge in [0.2, 0.25) is 0 Å². The fourth-order valence-corrected chi connectivity index (χ4v) is 4.08. The van der Waals surface area contributed by atoms with Crippen molar-refractivity contribution in [2.75, 3.05) is 16.6 Å². The van der Waals surface area contributed by atoms with Crippen LogP contribution in [0.2, 0.25) is 0 Å². The van der Waals surface area contributed by atoms with Crippen molar-refractivity contribution in [1.29, 1.82) is 0 Å². The fourth-order valence-electron chi connectivity index (χ4n) is 3.07. The first-order chi connectivity index (χ1) is 14.5. The second kappa shape index (κ2) is 8.51. The Morgan fingerprint density at radius 1 is 0.767 bits per heavy atom. The van der Waals surface area contributed by atoms with Gasteiger partial charge in [-0.1, -0.05) is 60.2 Å². The number of nitrogens with one attached hydrogen (secondary N) is 2. The second-order valence-corrected chi connectivity index (χ2v) is 8.67. The molecule has 0 unspecified atom stereocenters. The van der Waals surface area contributed by atoms with Gasteiger partial charge in [-0.3, -0.25) is 4.72 Å². The summed E-state index contributed by atoms with van der Waals surface area (Å²) in [7, 11) is -3.79. The Hall–Kier alpha value is -3.45. The van der Waals surface area contributed by atoms with Crippen molar-refractivity contribution < 1.29 is 8.42 Å². The number of aryl methyl sites for hydroxylation is 1. The van der Waals surface area contributed by atoms with Crippen LogP contribution in [-0.2, 0) is 16.4 Å². The first-order valence-electron chi connectivity index (χ1n) is 9.65. The molecule has 30 heavy (non-hydrogen) atoms. The van der Waals surface area contributed by atoms with Gasteiger partial charge >= 0.3 is 0 Å². The smallest absolute Gasteiger partial charge is 0.263 e. The Kier molecular flexibility index (Phi) is 5.63. The van der Waals surface area contributed by atoms with Gasteiger partial charge in [0.1, 0.15) is 0 Å². The van der Waals surface area contributed by atoms with E-state index in [2.05, 4.69) is 32.1 Å². The minimum atomic E-state index is -3.79. The largest absolute Gasteiger partial charge is 0.367 e. The molecule has 6 nitrogen and oxygen atoms in total. The van der Waals surface area contributed by atoms with E-state index in [4.69, 9.17) is 0 Å². The first kappa shape index (κ1) is 19.8. The lowest BCUT2D eigenvalue weighted by Gasteiger charge is -2.14. The third-order valence-electron chi connectivity index (χ3n) is 4.68. The zero-order valence-corrected chi connectivity index (χ0v) is 17.4. The topological polar surface area (TPSA) is 84.0 Å². The molecule has 0 aliphatic heterocycles. The van der Waals surface area contributed by atoms with Crippen molar-refractivity contribution in [1.82, 2.24) is 9.97 Å². The van der Waals surface area contributed by atoms with Gasteiger partial charge in [-0.2, -0.15) is 0 Å². The number of fused-ring (bicyclic) bond motifs is 1. The van der Waals surface area contributed by atoms with Gasteiger partial charge in [-0.05, 0) is 43.2 Å². The summed E-state index contributed by atoms with van der Waals surface area (Å²) in [6, 6.07) is 24.1. The Balaban J connectivity index is 1.63. The van der Waals surface area contributed by atoms with Gasteiger partial charge in [0.15, 0.2) is 11.6 Å². The highest BCUT2D eigenvalue weighted by atomic mass is 32.2. The van der Waals surface area contributed by atoms with Crippen LogP contribution in [0.1, 0.15) is 11.1 Å². The lowest BCUT2D eigenvalue weighted by atomic mass is 10.1. The molecular weight excluding hydrogens is 396 g/mol. The van der Waals surface area contributed by atoms with E-state index in [0.717, 1.165) is 12.0 Å². The zero-order valence-electron chi connectivity index (χ0n) is 16.5. The van der Waals surface area contributed by atoms with Crippen molar-refractivity contribution in [3.8, 4) is 0 Å². The van der Waals surface area contributed by atoms with Crippen LogP contribution in [-0.4, -0.2) is 24.9 Å². The Morgan fingerprint density at radius 3 is 2.03 bits per heavy atom. The lowest BCUT2D eigenvalue weighted by Crippen LogP contribution is -2.17. The number of sulfonamides is 1. The highest BCUT2D eigenvalue weighted by Crippen LogP contribution is 2.24. The molecule has 0 amide bonds. The van der Waals surface area contributed by atoms with Crippen LogP contribution in [0.4, 0.5) is 11.6 Å². The molecule has 0 radical (unpaired) electrons. The van der Waals surface area contributed by atoms with E-state index in [9.17, 15) is 8.42 Å². The number of para-hydroxylation sites is 2. The molecule has 2 N–H and O–H groups in total. The van der Waals surface area contributed by atoms with Gasteiger partial charge in [-0.15, -0.1) is 0 Å².